The maximum Gasteiger partial charge on any atom is 0.202 e. The Morgan fingerprint density at radius 2 is 1.84 bits per heavy atom. The van der Waals surface area contributed by atoms with Crippen molar-refractivity contribution in [3.63, 3.8) is 0 Å². The number of aliphatic hydroxyl groups excluding tert-OH is 1. The van der Waals surface area contributed by atoms with E-state index < -0.39 is 77.4 Å². The van der Waals surface area contributed by atoms with Crippen molar-refractivity contribution in [1.82, 2.24) is 4.90 Å². The van der Waals surface area contributed by atoms with Gasteiger partial charge in [0.15, 0.2) is 17.9 Å². The highest BCUT2D eigenvalue weighted by molar-refractivity contribution is 6.31. The maximum atomic E-state index is 13.8. The van der Waals surface area contributed by atoms with Gasteiger partial charge in [-0.2, -0.15) is 0 Å². The van der Waals surface area contributed by atoms with Gasteiger partial charge in [-0.1, -0.05) is 12.1 Å². The number of ketones is 3. The first-order chi connectivity index (χ1) is 21.0. The number of benzene rings is 2. The molecule has 0 spiro atoms. The van der Waals surface area contributed by atoms with E-state index in [1.807, 2.05) is 6.92 Å². The zero-order chi connectivity index (χ0) is 31.5. The summed E-state index contributed by atoms with van der Waals surface area (Å²) in [6.07, 6.45) is -0.221. The van der Waals surface area contributed by atoms with Gasteiger partial charge in [-0.25, -0.2) is 0 Å². The third kappa shape index (κ3) is 4.81. The molecule has 2 fully saturated rings. The minimum atomic E-state index is -2.19. The van der Waals surface area contributed by atoms with Crippen molar-refractivity contribution >= 4 is 17.3 Å². The van der Waals surface area contributed by atoms with Crippen LogP contribution in [0.1, 0.15) is 88.1 Å². The molecule has 2 aromatic carbocycles. The quantitative estimate of drug-likeness (QED) is 0.287. The van der Waals surface area contributed by atoms with Crippen molar-refractivity contribution in [3.8, 4) is 17.2 Å². The SMILES string of the molecule is COc1cccc2c1C(=O)c1c(O)c3c(c(O)c1C2=O)C[C@@](O)(C(=O)CO)C[C@@H]3OC1CC(N2CCCC2OC)CC(C)O1. The molecule has 2 aromatic rings. The molecule has 0 bridgehead atoms. The maximum absolute atomic E-state index is 13.8. The fraction of sp³-hybridized carbons (Fsp3) is 0.531. The number of likely N-dealkylation sites (tertiary alicyclic amines) is 1. The second kappa shape index (κ2) is 11.5. The first-order valence-corrected chi connectivity index (χ1v) is 14.9. The van der Waals surface area contributed by atoms with Gasteiger partial charge in [-0.15, -0.1) is 0 Å². The molecular weight excluding hydrogens is 574 g/mol. The Kier molecular flexibility index (Phi) is 8.02. The molecule has 2 aliphatic heterocycles. The molecule has 44 heavy (non-hydrogen) atoms. The van der Waals surface area contributed by atoms with Crippen LogP contribution in [-0.2, 0) is 25.4 Å². The van der Waals surface area contributed by atoms with Gasteiger partial charge in [-0.3, -0.25) is 19.3 Å². The van der Waals surface area contributed by atoms with E-state index in [-0.39, 0.29) is 46.4 Å². The van der Waals surface area contributed by atoms with E-state index in [2.05, 4.69) is 4.90 Å². The highest BCUT2D eigenvalue weighted by atomic mass is 16.7. The molecule has 6 atom stereocenters. The number of fused-ring (bicyclic) bond motifs is 3. The second-order valence-corrected chi connectivity index (χ2v) is 12.1. The normalized spacial score (nSPS) is 30.1. The monoisotopic (exact) mass is 611 g/mol. The van der Waals surface area contributed by atoms with Gasteiger partial charge in [-0.05, 0) is 32.3 Å². The number of carbonyl (C=O) groups is 3. The minimum absolute atomic E-state index is 0.0197. The Hall–Kier alpha value is -3.39. The molecule has 6 rings (SSSR count). The van der Waals surface area contributed by atoms with Crippen molar-refractivity contribution in [3.05, 3.63) is 51.6 Å². The first kappa shape index (κ1) is 30.6. The number of phenolic OH excluding ortho intramolecular Hbond substituents is 2. The van der Waals surface area contributed by atoms with Crippen molar-refractivity contribution in [2.24, 2.45) is 0 Å². The number of carbonyl (C=O) groups excluding carboxylic acids is 3. The van der Waals surface area contributed by atoms with Crippen LogP contribution in [0.15, 0.2) is 18.2 Å². The van der Waals surface area contributed by atoms with Crippen LogP contribution >= 0.6 is 0 Å². The lowest BCUT2D eigenvalue weighted by Gasteiger charge is -2.43. The van der Waals surface area contributed by atoms with Crippen molar-refractivity contribution in [2.45, 2.75) is 81.8 Å². The fourth-order valence-electron chi connectivity index (χ4n) is 7.44. The Balaban J connectivity index is 1.44. The minimum Gasteiger partial charge on any atom is -0.507 e. The van der Waals surface area contributed by atoms with E-state index in [9.17, 15) is 34.8 Å². The van der Waals surface area contributed by atoms with E-state index in [4.69, 9.17) is 18.9 Å². The van der Waals surface area contributed by atoms with Crippen LogP contribution in [0.25, 0.3) is 0 Å². The van der Waals surface area contributed by atoms with Crippen molar-refractivity contribution in [1.29, 1.82) is 0 Å². The molecule has 2 saturated heterocycles. The zero-order valence-electron chi connectivity index (χ0n) is 24.9. The third-order valence-electron chi connectivity index (χ3n) is 9.49. The highest BCUT2D eigenvalue weighted by Gasteiger charge is 2.50. The average Bonchev–Trinajstić information content (AvgIpc) is 3.49. The van der Waals surface area contributed by atoms with Gasteiger partial charge in [0.2, 0.25) is 5.78 Å². The van der Waals surface area contributed by atoms with E-state index in [0.717, 1.165) is 25.8 Å². The molecule has 12 heteroatoms. The average molecular weight is 612 g/mol. The molecule has 2 aliphatic carbocycles. The summed E-state index contributed by atoms with van der Waals surface area (Å²) in [5.74, 6) is -3.48. The van der Waals surface area contributed by atoms with Gasteiger partial charge in [0.25, 0.3) is 0 Å². The number of hydrogen-bond donors (Lipinski definition) is 4. The molecule has 236 valence electrons. The molecule has 4 aliphatic rings. The standard InChI is InChI=1S/C32H37NO11/c1-15-10-16(33-9-5-8-22(33)42-3)11-23(43-15)44-20-13-32(40,21(35)14-34)12-18-25(20)31(39)27-26(29(18)37)28(36)17-6-4-7-19(41-2)24(17)30(27)38/h4,6-7,15-16,20,22-23,34,37,39-40H,5,8-14H2,1-3H3/t15?,16?,20-,22?,23?,32-/m0/s1. The van der Waals surface area contributed by atoms with Crippen LogP contribution in [0.5, 0.6) is 17.2 Å². The number of aliphatic hydroxyl groups is 2. The number of ether oxygens (including phenoxy) is 4. The van der Waals surface area contributed by atoms with Gasteiger partial charge in [0.05, 0.1) is 36.0 Å². The summed E-state index contributed by atoms with van der Waals surface area (Å²) >= 11 is 0. The zero-order valence-corrected chi connectivity index (χ0v) is 24.9. The summed E-state index contributed by atoms with van der Waals surface area (Å²) in [7, 11) is 3.03. The Morgan fingerprint density at radius 3 is 2.55 bits per heavy atom. The molecule has 2 heterocycles. The largest absolute Gasteiger partial charge is 0.507 e. The summed E-state index contributed by atoms with van der Waals surface area (Å²) in [4.78, 5) is 42.6. The first-order valence-electron chi connectivity index (χ1n) is 14.9. The molecule has 0 aromatic heterocycles. The van der Waals surface area contributed by atoms with Crippen LogP contribution in [0, 0.1) is 0 Å². The lowest BCUT2D eigenvalue weighted by atomic mass is 9.72. The lowest BCUT2D eigenvalue weighted by Crippen LogP contribution is -2.50. The lowest BCUT2D eigenvalue weighted by molar-refractivity contribution is -0.237. The van der Waals surface area contributed by atoms with Crippen molar-refractivity contribution in [2.75, 3.05) is 27.4 Å². The van der Waals surface area contributed by atoms with E-state index in [1.54, 1.807) is 7.11 Å². The second-order valence-electron chi connectivity index (χ2n) is 12.1. The highest BCUT2D eigenvalue weighted by Crippen LogP contribution is 2.52. The molecule has 0 amide bonds. The Morgan fingerprint density at radius 1 is 1.09 bits per heavy atom. The number of methoxy groups -OCH3 is 2. The van der Waals surface area contributed by atoms with Crippen molar-refractivity contribution < 1.29 is 53.8 Å². The molecule has 0 saturated carbocycles. The Bertz CT molecular complexity index is 1520. The molecule has 4 unspecified atom stereocenters. The predicted molar refractivity (Wildman–Crippen MR) is 153 cm³/mol. The van der Waals surface area contributed by atoms with Crippen LogP contribution in [0.3, 0.4) is 0 Å². The number of nitrogens with zero attached hydrogens (tertiary/aromatic N) is 1. The van der Waals surface area contributed by atoms with E-state index >= 15 is 0 Å². The number of rotatable bonds is 7. The number of Topliss-reactive ketones (excluding diaryl/α,β-unsaturated/α-hetero) is 1. The van der Waals surface area contributed by atoms with Gasteiger partial charge < -0.3 is 39.4 Å². The summed E-state index contributed by atoms with van der Waals surface area (Å²) < 4.78 is 23.5. The summed E-state index contributed by atoms with van der Waals surface area (Å²) in [6.45, 7) is 1.78. The van der Waals surface area contributed by atoms with Crippen LogP contribution in [-0.4, -0.2) is 100 Å². The Labute approximate surface area is 254 Å². The number of phenols is 2. The topological polar surface area (TPSA) is 172 Å². The summed E-state index contributed by atoms with van der Waals surface area (Å²) in [5, 5.41) is 44.4. The van der Waals surface area contributed by atoms with E-state index in [0.29, 0.717) is 6.42 Å². The number of aromatic hydroxyl groups is 2. The van der Waals surface area contributed by atoms with Gasteiger partial charge in [0, 0.05) is 55.6 Å². The molecular formula is C32H37NO11. The van der Waals surface area contributed by atoms with Gasteiger partial charge in [0.1, 0.15) is 35.7 Å². The number of hydrogen-bond acceptors (Lipinski definition) is 12. The van der Waals surface area contributed by atoms with Crippen LogP contribution in [0.4, 0.5) is 0 Å². The molecule has 12 nitrogen and oxygen atoms in total. The third-order valence-corrected chi connectivity index (χ3v) is 9.49. The van der Waals surface area contributed by atoms with Gasteiger partial charge >= 0.3 is 0 Å². The smallest absolute Gasteiger partial charge is 0.202 e. The van der Waals surface area contributed by atoms with Crippen LogP contribution < -0.4 is 4.74 Å². The molecule has 0 radical (unpaired) electrons. The molecule has 4 N–H and O–H groups in total. The fourth-order valence-corrected chi connectivity index (χ4v) is 7.44. The van der Waals surface area contributed by atoms with Crippen LogP contribution in [0.2, 0.25) is 0 Å². The van der Waals surface area contributed by atoms with E-state index in [1.165, 1.54) is 25.3 Å². The summed E-state index contributed by atoms with van der Waals surface area (Å²) in [5.41, 5.74) is -3.25. The predicted octanol–water partition coefficient (Wildman–Crippen LogP) is 2.14. The summed E-state index contributed by atoms with van der Waals surface area (Å²) in [6, 6.07) is 4.51.